The van der Waals surface area contributed by atoms with Gasteiger partial charge < -0.3 is 0 Å². The van der Waals surface area contributed by atoms with Gasteiger partial charge in [0, 0.05) is 6.20 Å². The van der Waals surface area contributed by atoms with Gasteiger partial charge in [-0.15, -0.1) is 0 Å². The maximum atomic E-state index is 4.46. The van der Waals surface area contributed by atoms with Gasteiger partial charge in [0.1, 0.15) is 0 Å². The molecule has 2 nitrogen and oxygen atoms in total. The van der Waals surface area contributed by atoms with E-state index in [9.17, 15) is 0 Å². The number of aryl methyl sites for hydroxylation is 3. The van der Waals surface area contributed by atoms with Crippen LogP contribution in [0.4, 0.5) is 0 Å². The molecule has 0 aliphatic carbocycles. The molecule has 0 amide bonds. The summed E-state index contributed by atoms with van der Waals surface area (Å²) >= 11 is 0. The highest BCUT2D eigenvalue weighted by Gasteiger charge is 2.00. The lowest BCUT2D eigenvalue weighted by Gasteiger charge is -2.03. The third-order valence-electron chi connectivity index (χ3n) is 2.05. The first-order valence-electron chi connectivity index (χ1n) is 4.84. The molecule has 1 aromatic rings. The molecule has 0 N–H and O–H groups in total. The molecule has 0 aliphatic rings. The van der Waals surface area contributed by atoms with Gasteiger partial charge in [-0.2, -0.15) is 0 Å². The standard InChI is InChI=1S/C11H17N2/c1-4-5-6-7-11-10(3)12-8-9(2)13-11/h5,8H,4,6-7H2,1-3H3. The first-order chi connectivity index (χ1) is 6.24. The van der Waals surface area contributed by atoms with Gasteiger partial charge in [-0.3, -0.25) is 9.97 Å². The third-order valence-corrected chi connectivity index (χ3v) is 2.05. The number of hydrogen-bond acceptors (Lipinski definition) is 2. The highest BCUT2D eigenvalue weighted by atomic mass is 14.8. The molecular weight excluding hydrogens is 160 g/mol. The van der Waals surface area contributed by atoms with Gasteiger partial charge in [0.2, 0.25) is 0 Å². The Morgan fingerprint density at radius 1 is 1.38 bits per heavy atom. The number of aromatic nitrogens is 2. The van der Waals surface area contributed by atoms with Gasteiger partial charge in [0.15, 0.2) is 0 Å². The molecule has 1 aromatic heterocycles. The first-order valence-corrected chi connectivity index (χ1v) is 4.84. The molecule has 2 heteroatoms. The molecule has 0 fully saturated rings. The van der Waals surface area contributed by atoms with Crippen molar-refractivity contribution >= 4 is 0 Å². The maximum absolute atomic E-state index is 4.46. The van der Waals surface area contributed by atoms with Crippen LogP contribution in [-0.2, 0) is 6.42 Å². The van der Waals surface area contributed by atoms with E-state index in [-0.39, 0.29) is 0 Å². The van der Waals surface area contributed by atoms with Crippen LogP contribution in [0.1, 0.15) is 36.8 Å². The largest absolute Gasteiger partial charge is 0.258 e. The van der Waals surface area contributed by atoms with Crippen LogP contribution in [0.3, 0.4) is 0 Å². The summed E-state index contributed by atoms with van der Waals surface area (Å²) in [5.41, 5.74) is 3.22. The van der Waals surface area contributed by atoms with Crippen LogP contribution in [0.15, 0.2) is 6.20 Å². The number of hydrogen-bond donors (Lipinski definition) is 0. The minimum absolute atomic E-state index is 1.01. The van der Waals surface area contributed by atoms with E-state index in [1.165, 1.54) is 0 Å². The van der Waals surface area contributed by atoms with Crippen molar-refractivity contribution < 1.29 is 0 Å². The Kier molecular flexibility index (Phi) is 3.87. The van der Waals surface area contributed by atoms with Gasteiger partial charge >= 0.3 is 0 Å². The Balaban J connectivity index is 2.59. The zero-order valence-corrected chi connectivity index (χ0v) is 8.67. The fraction of sp³-hybridized carbons (Fsp3) is 0.545. The van der Waals surface area contributed by atoms with E-state index >= 15 is 0 Å². The Labute approximate surface area is 80.4 Å². The van der Waals surface area contributed by atoms with Crippen molar-refractivity contribution in [3.05, 3.63) is 29.7 Å². The minimum atomic E-state index is 1.01. The summed E-state index contributed by atoms with van der Waals surface area (Å²) in [4.78, 5) is 8.74. The summed E-state index contributed by atoms with van der Waals surface area (Å²) in [5, 5.41) is 0. The van der Waals surface area contributed by atoms with Crippen molar-refractivity contribution in [2.75, 3.05) is 0 Å². The summed E-state index contributed by atoms with van der Waals surface area (Å²) in [6.07, 6.45) is 7.37. The molecule has 0 saturated heterocycles. The normalized spacial score (nSPS) is 10.4. The molecule has 0 aromatic carbocycles. The highest BCUT2D eigenvalue weighted by molar-refractivity contribution is 5.12. The Morgan fingerprint density at radius 3 is 2.85 bits per heavy atom. The molecule has 0 spiro atoms. The van der Waals surface area contributed by atoms with E-state index in [1.54, 1.807) is 0 Å². The van der Waals surface area contributed by atoms with Crippen molar-refractivity contribution in [2.45, 2.75) is 40.0 Å². The van der Waals surface area contributed by atoms with E-state index in [0.29, 0.717) is 0 Å². The summed E-state index contributed by atoms with van der Waals surface area (Å²) in [6.45, 7) is 6.17. The van der Waals surface area contributed by atoms with Gasteiger partial charge in [-0.1, -0.05) is 13.3 Å². The molecule has 71 valence electrons. The Hall–Kier alpha value is -0.920. The topological polar surface area (TPSA) is 25.8 Å². The lowest BCUT2D eigenvalue weighted by atomic mass is 10.1. The summed E-state index contributed by atoms with van der Waals surface area (Å²) in [5.74, 6) is 0. The van der Waals surface area contributed by atoms with Crippen LogP contribution in [0.25, 0.3) is 0 Å². The van der Waals surface area contributed by atoms with Crippen molar-refractivity contribution in [2.24, 2.45) is 0 Å². The molecule has 1 heterocycles. The van der Waals surface area contributed by atoms with Gasteiger partial charge in [0.05, 0.1) is 17.1 Å². The van der Waals surface area contributed by atoms with Crippen LogP contribution in [0.2, 0.25) is 0 Å². The minimum Gasteiger partial charge on any atom is -0.258 e. The van der Waals surface area contributed by atoms with Crippen LogP contribution in [0, 0.1) is 20.3 Å². The molecule has 0 unspecified atom stereocenters. The smallest absolute Gasteiger partial charge is 0.0619 e. The van der Waals surface area contributed by atoms with Crippen LogP contribution in [-0.4, -0.2) is 9.97 Å². The third kappa shape index (κ3) is 3.13. The lowest BCUT2D eigenvalue weighted by Crippen LogP contribution is -1.99. The average molecular weight is 177 g/mol. The Morgan fingerprint density at radius 2 is 2.15 bits per heavy atom. The quantitative estimate of drug-likeness (QED) is 0.661. The van der Waals surface area contributed by atoms with Crippen molar-refractivity contribution in [1.82, 2.24) is 9.97 Å². The fourth-order valence-electron chi connectivity index (χ4n) is 1.27. The first kappa shape index (κ1) is 10.2. The molecular formula is C11H17N2. The van der Waals surface area contributed by atoms with Gasteiger partial charge in [-0.05, 0) is 33.1 Å². The summed E-state index contributed by atoms with van der Waals surface area (Å²) < 4.78 is 0. The summed E-state index contributed by atoms with van der Waals surface area (Å²) in [6, 6.07) is 0. The molecule has 0 bridgehead atoms. The second-order valence-electron chi connectivity index (χ2n) is 3.28. The maximum Gasteiger partial charge on any atom is 0.0619 e. The molecule has 1 radical (unpaired) electrons. The molecule has 0 atom stereocenters. The van der Waals surface area contributed by atoms with Crippen LogP contribution < -0.4 is 0 Å². The monoisotopic (exact) mass is 177 g/mol. The highest BCUT2D eigenvalue weighted by Crippen LogP contribution is 2.07. The van der Waals surface area contributed by atoms with E-state index in [4.69, 9.17) is 0 Å². The fourth-order valence-corrected chi connectivity index (χ4v) is 1.27. The average Bonchev–Trinajstić information content (AvgIpc) is 2.11. The number of rotatable bonds is 4. The molecule has 0 saturated carbocycles. The van der Waals surface area contributed by atoms with E-state index in [1.807, 2.05) is 20.0 Å². The van der Waals surface area contributed by atoms with Crippen LogP contribution >= 0.6 is 0 Å². The van der Waals surface area contributed by atoms with Crippen molar-refractivity contribution in [3.63, 3.8) is 0 Å². The summed E-state index contributed by atoms with van der Waals surface area (Å²) in [7, 11) is 0. The SMILES string of the molecule is CC[CH]CCc1nc(C)cnc1C. The van der Waals surface area contributed by atoms with E-state index in [0.717, 1.165) is 36.3 Å². The molecule has 13 heavy (non-hydrogen) atoms. The predicted octanol–water partition coefficient (Wildman–Crippen LogP) is 2.64. The Bertz CT molecular complexity index is 269. The zero-order chi connectivity index (χ0) is 9.68. The molecule has 1 rings (SSSR count). The zero-order valence-electron chi connectivity index (χ0n) is 8.67. The van der Waals surface area contributed by atoms with Gasteiger partial charge in [0.25, 0.3) is 0 Å². The molecule has 0 aliphatic heterocycles. The lowest BCUT2D eigenvalue weighted by molar-refractivity contribution is 0.823. The predicted molar refractivity (Wildman–Crippen MR) is 54.4 cm³/mol. The van der Waals surface area contributed by atoms with Gasteiger partial charge in [-0.25, -0.2) is 0 Å². The van der Waals surface area contributed by atoms with Crippen molar-refractivity contribution in [1.29, 1.82) is 0 Å². The number of nitrogens with zero attached hydrogens (tertiary/aromatic N) is 2. The second-order valence-corrected chi connectivity index (χ2v) is 3.28. The number of unbranched alkanes of at least 4 members (excludes halogenated alkanes) is 2. The second kappa shape index (κ2) is 4.95. The van der Waals surface area contributed by atoms with Crippen molar-refractivity contribution in [3.8, 4) is 0 Å². The van der Waals surface area contributed by atoms with E-state index in [2.05, 4.69) is 23.3 Å². The van der Waals surface area contributed by atoms with E-state index < -0.39 is 0 Å². The van der Waals surface area contributed by atoms with Crippen LogP contribution in [0.5, 0.6) is 0 Å².